The van der Waals surface area contributed by atoms with Crippen LogP contribution in [0.4, 0.5) is 9.52 Å². The van der Waals surface area contributed by atoms with E-state index >= 15 is 0 Å². The quantitative estimate of drug-likeness (QED) is 0.707. The first-order chi connectivity index (χ1) is 13.8. The van der Waals surface area contributed by atoms with Gasteiger partial charge < -0.3 is 5.32 Å². The molecule has 1 N–H and O–H groups in total. The first-order valence-corrected chi connectivity index (χ1v) is 9.81. The number of nitrogens with zero attached hydrogens (tertiary/aromatic N) is 4. The van der Waals surface area contributed by atoms with E-state index in [1.807, 2.05) is 41.3 Å². The summed E-state index contributed by atoms with van der Waals surface area (Å²) in [6, 6.07) is 16.8. The van der Waals surface area contributed by atoms with Crippen LogP contribution in [-0.4, -0.2) is 23.5 Å². The molecule has 0 spiro atoms. The van der Waals surface area contributed by atoms with Crippen LogP contribution < -0.4 is 10.2 Å². The lowest BCUT2D eigenvalue weighted by atomic mass is 10.1. The van der Waals surface area contributed by atoms with E-state index in [4.69, 9.17) is 4.98 Å². The highest BCUT2D eigenvalue weighted by molar-refractivity contribution is 7.22. The molecule has 2 aromatic carbocycles. The van der Waals surface area contributed by atoms with Gasteiger partial charge in [0.25, 0.3) is 0 Å². The smallest absolute Gasteiger partial charge is 0.205 e. The molecule has 2 heterocycles. The number of anilines is 1. The van der Waals surface area contributed by atoms with Crippen LogP contribution in [0.25, 0.3) is 10.2 Å². The third-order valence-electron chi connectivity index (χ3n) is 4.49. The molecule has 0 bridgehead atoms. The van der Waals surface area contributed by atoms with Crippen molar-refractivity contribution in [3.05, 3.63) is 72.2 Å². The average Bonchev–Trinajstić information content (AvgIpc) is 3.13. The van der Waals surface area contributed by atoms with Crippen molar-refractivity contribution in [1.29, 1.82) is 5.26 Å². The number of aromatic nitrogens is 1. The molecule has 0 saturated carbocycles. The lowest BCUT2D eigenvalue weighted by Gasteiger charge is -2.31. The summed E-state index contributed by atoms with van der Waals surface area (Å²) >= 11 is 1.56. The molecule has 1 unspecified atom stereocenters. The number of halogens is 1. The van der Waals surface area contributed by atoms with Crippen molar-refractivity contribution in [1.82, 2.24) is 10.3 Å². The Morgan fingerprint density at radius 1 is 1.18 bits per heavy atom. The number of rotatable bonds is 5. The van der Waals surface area contributed by atoms with Crippen LogP contribution in [0.15, 0.2) is 65.8 Å². The Balaban J connectivity index is 1.56. The molecule has 4 rings (SSSR count). The van der Waals surface area contributed by atoms with Crippen LogP contribution in [0, 0.1) is 17.1 Å². The largest absolute Gasteiger partial charge is 0.355 e. The van der Waals surface area contributed by atoms with Crippen LogP contribution in [0.3, 0.4) is 0 Å². The summed E-state index contributed by atoms with van der Waals surface area (Å²) in [5.41, 5.74) is 1.57. The maximum Gasteiger partial charge on any atom is 0.205 e. The van der Waals surface area contributed by atoms with E-state index in [9.17, 15) is 9.65 Å². The predicted molar refractivity (Wildman–Crippen MR) is 111 cm³/mol. The van der Waals surface area contributed by atoms with Crippen molar-refractivity contribution < 1.29 is 4.39 Å². The SMILES string of the molecule is N#CCC1C=CN=C(NCCc2ccccc2F)N1c1nc2ccccc2s1. The number of para-hydroxylation sites is 1. The zero-order valence-corrected chi connectivity index (χ0v) is 15.9. The molecule has 0 saturated heterocycles. The zero-order valence-electron chi connectivity index (χ0n) is 15.0. The van der Waals surface area contributed by atoms with Gasteiger partial charge in [0, 0.05) is 12.7 Å². The van der Waals surface area contributed by atoms with Gasteiger partial charge in [-0.3, -0.25) is 4.90 Å². The molecule has 0 amide bonds. The Morgan fingerprint density at radius 2 is 2.00 bits per heavy atom. The minimum Gasteiger partial charge on any atom is -0.355 e. The van der Waals surface area contributed by atoms with E-state index in [2.05, 4.69) is 16.4 Å². The van der Waals surface area contributed by atoms with Crippen LogP contribution in [0.5, 0.6) is 0 Å². The van der Waals surface area contributed by atoms with Crippen molar-refractivity contribution >= 4 is 32.6 Å². The van der Waals surface area contributed by atoms with Gasteiger partial charge in [-0.2, -0.15) is 5.26 Å². The molecule has 3 aromatic rings. The minimum atomic E-state index is -0.208. The molecule has 28 heavy (non-hydrogen) atoms. The lowest BCUT2D eigenvalue weighted by molar-refractivity contribution is 0.607. The maximum absolute atomic E-state index is 13.9. The number of aliphatic imine (C=N–C) groups is 1. The summed E-state index contributed by atoms with van der Waals surface area (Å²) in [6.07, 6.45) is 4.46. The van der Waals surface area contributed by atoms with Crippen molar-refractivity contribution in [3.8, 4) is 6.07 Å². The number of nitriles is 1. The van der Waals surface area contributed by atoms with E-state index in [0.29, 0.717) is 30.9 Å². The van der Waals surface area contributed by atoms with Gasteiger partial charge >= 0.3 is 0 Å². The summed E-state index contributed by atoms with van der Waals surface area (Å²) in [5.74, 6) is 0.415. The summed E-state index contributed by atoms with van der Waals surface area (Å²) < 4.78 is 14.9. The number of hydrogen-bond donors (Lipinski definition) is 1. The summed E-state index contributed by atoms with van der Waals surface area (Å²) in [4.78, 5) is 11.1. The highest BCUT2D eigenvalue weighted by atomic mass is 32.1. The van der Waals surface area contributed by atoms with Gasteiger partial charge in [-0.15, -0.1) is 0 Å². The number of thiazole rings is 1. The lowest BCUT2D eigenvalue weighted by Crippen LogP contribution is -2.48. The van der Waals surface area contributed by atoms with E-state index in [0.717, 1.165) is 15.3 Å². The zero-order chi connectivity index (χ0) is 19.3. The summed E-state index contributed by atoms with van der Waals surface area (Å²) in [7, 11) is 0. The molecule has 1 aliphatic rings. The van der Waals surface area contributed by atoms with Gasteiger partial charge in [0.2, 0.25) is 5.96 Å². The van der Waals surface area contributed by atoms with Gasteiger partial charge in [-0.1, -0.05) is 41.7 Å². The Hall–Kier alpha value is -3.24. The molecular weight excluding hydrogens is 373 g/mol. The van der Waals surface area contributed by atoms with E-state index in [1.165, 1.54) is 6.07 Å². The predicted octanol–water partition coefficient (Wildman–Crippen LogP) is 4.24. The molecular formula is C21H18FN5S. The van der Waals surface area contributed by atoms with Crippen molar-refractivity contribution in [2.45, 2.75) is 18.9 Å². The molecule has 0 fully saturated rings. The number of hydrogen-bond acceptors (Lipinski definition) is 6. The molecule has 7 heteroatoms. The van der Waals surface area contributed by atoms with Gasteiger partial charge in [-0.25, -0.2) is 14.4 Å². The Bertz CT molecular complexity index is 1050. The van der Waals surface area contributed by atoms with Gasteiger partial charge in [-0.05, 0) is 36.3 Å². The van der Waals surface area contributed by atoms with Crippen molar-refractivity contribution in [2.24, 2.45) is 4.99 Å². The van der Waals surface area contributed by atoms with E-state index in [1.54, 1.807) is 29.7 Å². The van der Waals surface area contributed by atoms with E-state index < -0.39 is 0 Å². The molecule has 140 valence electrons. The fourth-order valence-corrected chi connectivity index (χ4v) is 4.13. The van der Waals surface area contributed by atoms with Gasteiger partial charge in [0.05, 0.1) is 28.7 Å². The third-order valence-corrected chi connectivity index (χ3v) is 5.52. The highest BCUT2D eigenvalue weighted by Crippen LogP contribution is 2.31. The van der Waals surface area contributed by atoms with Crippen LogP contribution >= 0.6 is 11.3 Å². The van der Waals surface area contributed by atoms with Crippen LogP contribution in [0.2, 0.25) is 0 Å². The van der Waals surface area contributed by atoms with Crippen molar-refractivity contribution in [3.63, 3.8) is 0 Å². The fraction of sp³-hybridized carbons (Fsp3) is 0.190. The summed E-state index contributed by atoms with van der Waals surface area (Å²) in [5, 5.41) is 13.3. The number of nitrogens with one attached hydrogen (secondary N) is 1. The fourth-order valence-electron chi connectivity index (χ4n) is 3.11. The minimum absolute atomic E-state index is 0.154. The molecule has 5 nitrogen and oxygen atoms in total. The first kappa shape index (κ1) is 18.1. The first-order valence-electron chi connectivity index (χ1n) is 9.00. The van der Waals surface area contributed by atoms with Crippen molar-refractivity contribution in [2.75, 3.05) is 11.4 Å². The summed E-state index contributed by atoms with van der Waals surface area (Å²) in [6.45, 7) is 0.522. The normalized spacial score (nSPS) is 16.1. The third kappa shape index (κ3) is 3.73. The monoisotopic (exact) mass is 391 g/mol. The molecule has 1 atom stereocenters. The van der Waals surface area contributed by atoms with Crippen LogP contribution in [0.1, 0.15) is 12.0 Å². The second-order valence-electron chi connectivity index (χ2n) is 6.33. The van der Waals surface area contributed by atoms with Gasteiger partial charge in [0.1, 0.15) is 5.82 Å². The number of guanidine groups is 1. The standard InChI is InChI=1S/C21H18FN5S/c22-17-6-2-1-5-15(17)10-13-24-20-25-14-11-16(9-12-23)27(20)21-26-18-7-3-4-8-19(18)28-21/h1-8,11,14,16H,9-10,13H2,(H,24,25). The number of benzene rings is 2. The Kier molecular flexibility index (Phi) is 5.31. The number of fused-ring (bicyclic) bond motifs is 1. The Morgan fingerprint density at radius 3 is 2.82 bits per heavy atom. The van der Waals surface area contributed by atoms with Crippen LogP contribution in [-0.2, 0) is 6.42 Å². The highest BCUT2D eigenvalue weighted by Gasteiger charge is 2.27. The van der Waals surface area contributed by atoms with E-state index in [-0.39, 0.29) is 11.9 Å². The second-order valence-corrected chi connectivity index (χ2v) is 7.34. The topological polar surface area (TPSA) is 64.3 Å². The molecule has 1 aromatic heterocycles. The average molecular weight is 391 g/mol. The second kappa shape index (κ2) is 8.19. The van der Waals surface area contributed by atoms with Gasteiger partial charge in [0.15, 0.2) is 5.13 Å². The molecule has 0 aliphatic carbocycles. The molecule has 1 aliphatic heterocycles. The Labute approximate surface area is 166 Å². The maximum atomic E-state index is 13.9. The molecule has 0 radical (unpaired) electrons.